The summed E-state index contributed by atoms with van der Waals surface area (Å²) in [5.41, 5.74) is 1.32. The van der Waals surface area contributed by atoms with Crippen LogP contribution in [0.15, 0.2) is 18.5 Å². The molecule has 1 saturated carbocycles. The first kappa shape index (κ1) is 13.3. The highest BCUT2D eigenvalue weighted by Gasteiger charge is 2.18. The molecule has 0 aliphatic heterocycles. The molecular weight excluding hydrogens is 224 g/mol. The Labute approximate surface area is 110 Å². The first-order valence-corrected chi connectivity index (χ1v) is 6.89. The van der Waals surface area contributed by atoms with Crippen molar-refractivity contribution in [3.63, 3.8) is 0 Å². The van der Waals surface area contributed by atoms with E-state index in [9.17, 15) is 0 Å². The molecule has 0 saturated heterocycles. The lowest BCUT2D eigenvalue weighted by atomic mass is 10.1. The van der Waals surface area contributed by atoms with Gasteiger partial charge in [-0.3, -0.25) is 4.98 Å². The van der Waals surface area contributed by atoms with E-state index in [-0.39, 0.29) is 5.54 Å². The van der Waals surface area contributed by atoms with Gasteiger partial charge in [-0.15, -0.1) is 0 Å². The Hall–Kier alpha value is -1.09. The minimum Gasteiger partial charge on any atom is -0.488 e. The highest BCUT2D eigenvalue weighted by atomic mass is 16.5. The van der Waals surface area contributed by atoms with E-state index in [1.807, 2.05) is 18.5 Å². The maximum atomic E-state index is 6.07. The Balaban J connectivity index is 2.00. The average molecular weight is 248 g/mol. The molecule has 1 fully saturated rings. The minimum absolute atomic E-state index is 0.119. The van der Waals surface area contributed by atoms with Gasteiger partial charge in [0.05, 0.1) is 12.3 Å². The zero-order chi connectivity index (χ0) is 13.0. The average Bonchev–Trinajstić information content (AvgIpc) is 2.80. The molecule has 1 aliphatic carbocycles. The lowest BCUT2D eigenvalue weighted by Crippen LogP contribution is -2.35. The standard InChI is InChI=1S/C15H24N2O/c1-15(2,3)17-10-12-8-9-16-11-14(12)18-13-6-4-5-7-13/h8-9,11,13,17H,4-7,10H2,1-3H3. The molecule has 0 radical (unpaired) electrons. The fourth-order valence-corrected chi connectivity index (χ4v) is 2.21. The number of aromatic nitrogens is 1. The van der Waals surface area contributed by atoms with Gasteiger partial charge in [0.15, 0.2) is 0 Å². The van der Waals surface area contributed by atoms with Crippen molar-refractivity contribution in [3.8, 4) is 5.75 Å². The van der Waals surface area contributed by atoms with Crippen LogP contribution in [-0.2, 0) is 6.54 Å². The molecule has 18 heavy (non-hydrogen) atoms. The van der Waals surface area contributed by atoms with E-state index < -0.39 is 0 Å². The van der Waals surface area contributed by atoms with Gasteiger partial charge in [0.25, 0.3) is 0 Å². The molecule has 0 amide bonds. The molecular formula is C15H24N2O. The van der Waals surface area contributed by atoms with Gasteiger partial charge in [0.1, 0.15) is 5.75 Å². The Bertz CT molecular complexity index is 378. The van der Waals surface area contributed by atoms with E-state index in [4.69, 9.17) is 4.74 Å². The molecule has 2 rings (SSSR count). The van der Waals surface area contributed by atoms with Gasteiger partial charge >= 0.3 is 0 Å². The lowest BCUT2D eigenvalue weighted by molar-refractivity contribution is 0.206. The van der Waals surface area contributed by atoms with Crippen molar-refractivity contribution in [2.24, 2.45) is 0 Å². The highest BCUT2D eigenvalue weighted by Crippen LogP contribution is 2.26. The quantitative estimate of drug-likeness (QED) is 0.887. The summed E-state index contributed by atoms with van der Waals surface area (Å²) in [6.45, 7) is 7.34. The third-order valence-electron chi connectivity index (χ3n) is 3.28. The van der Waals surface area contributed by atoms with E-state index in [0.29, 0.717) is 6.10 Å². The summed E-state index contributed by atoms with van der Waals surface area (Å²) >= 11 is 0. The van der Waals surface area contributed by atoms with Crippen LogP contribution in [0.4, 0.5) is 0 Å². The number of ether oxygens (including phenoxy) is 1. The van der Waals surface area contributed by atoms with Crippen molar-refractivity contribution in [2.45, 2.75) is 64.6 Å². The summed E-state index contributed by atoms with van der Waals surface area (Å²) in [5, 5.41) is 3.50. The number of pyridine rings is 1. The molecule has 0 atom stereocenters. The minimum atomic E-state index is 0.119. The van der Waals surface area contributed by atoms with Crippen LogP contribution in [0.5, 0.6) is 5.75 Å². The van der Waals surface area contributed by atoms with Crippen LogP contribution in [0, 0.1) is 0 Å². The molecule has 1 aliphatic rings. The molecule has 100 valence electrons. The summed E-state index contributed by atoms with van der Waals surface area (Å²) in [4.78, 5) is 4.18. The molecule has 0 bridgehead atoms. The predicted octanol–water partition coefficient (Wildman–Crippen LogP) is 3.29. The van der Waals surface area contributed by atoms with Crippen molar-refractivity contribution >= 4 is 0 Å². The summed E-state index contributed by atoms with van der Waals surface area (Å²) < 4.78 is 6.07. The first-order chi connectivity index (χ1) is 8.54. The normalized spacial score (nSPS) is 17.1. The monoisotopic (exact) mass is 248 g/mol. The van der Waals surface area contributed by atoms with Crippen LogP contribution < -0.4 is 10.1 Å². The maximum absolute atomic E-state index is 6.07. The zero-order valence-electron chi connectivity index (χ0n) is 11.7. The number of hydrogen-bond acceptors (Lipinski definition) is 3. The van der Waals surface area contributed by atoms with Gasteiger partial charge in [0, 0.05) is 23.8 Å². The van der Waals surface area contributed by atoms with Crippen LogP contribution >= 0.6 is 0 Å². The van der Waals surface area contributed by atoms with Gasteiger partial charge in [-0.25, -0.2) is 0 Å². The second-order valence-corrected chi connectivity index (χ2v) is 6.11. The van der Waals surface area contributed by atoms with Crippen LogP contribution in [0.1, 0.15) is 52.0 Å². The van der Waals surface area contributed by atoms with E-state index in [1.54, 1.807) is 0 Å². The number of hydrogen-bond donors (Lipinski definition) is 1. The van der Waals surface area contributed by atoms with Crippen LogP contribution in [0.3, 0.4) is 0 Å². The van der Waals surface area contributed by atoms with E-state index in [2.05, 4.69) is 31.1 Å². The third-order valence-corrected chi connectivity index (χ3v) is 3.28. The highest BCUT2D eigenvalue weighted by molar-refractivity contribution is 5.30. The summed E-state index contributed by atoms with van der Waals surface area (Å²) in [6, 6.07) is 2.04. The smallest absolute Gasteiger partial charge is 0.142 e. The summed E-state index contributed by atoms with van der Waals surface area (Å²) in [5.74, 6) is 0.946. The van der Waals surface area contributed by atoms with Crippen molar-refractivity contribution in [2.75, 3.05) is 0 Å². The second-order valence-electron chi connectivity index (χ2n) is 6.11. The fourth-order valence-electron chi connectivity index (χ4n) is 2.21. The van der Waals surface area contributed by atoms with Gasteiger partial charge < -0.3 is 10.1 Å². The SMILES string of the molecule is CC(C)(C)NCc1ccncc1OC1CCCC1. The third kappa shape index (κ3) is 3.98. The molecule has 0 aromatic carbocycles. The Morgan fingerprint density at radius 1 is 1.33 bits per heavy atom. The molecule has 0 unspecified atom stereocenters. The molecule has 1 heterocycles. The van der Waals surface area contributed by atoms with Crippen molar-refractivity contribution < 1.29 is 4.74 Å². The second kappa shape index (κ2) is 5.70. The van der Waals surface area contributed by atoms with Crippen LogP contribution in [0.2, 0.25) is 0 Å². The lowest BCUT2D eigenvalue weighted by Gasteiger charge is -2.22. The molecule has 1 N–H and O–H groups in total. The Morgan fingerprint density at radius 2 is 2.06 bits per heavy atom. The van der Waals surface area contributed by atoms with Gasteiger partial charge in [-0.05, 0) is 52.5 Å². The van der Waals surface area contributed by atoms with Crippen LogP contribution in [0.25, 0.3) is 0 Å². The number of nitrogens with one attached hydrogen (secondary N) is 1. The van der Waals surface area contributed by atoms with Gasteiger partial charge in [-0.2, -0.15) is 0 Å². The zero-order valence-corrected chi connectivity index (χ0v) is 11.7. The molecule has 3 nitrogen and oxygen atoms in total. The maximum Gasteiger partial charge on any atom is 0.142 e. The molecule has 3 heteroatoms. The summed E-state index contributed by atoms with van der Waals surface area (Å²) in [6.07, 6.45) is 9.02. The Kier molecular flexibility index (Phi) is 4.23. The topological polar surface area (TPSA) is 34.2 Å². The Morgan fingerprint density at radius 3 is 2.72 bits per heavy atom. The largest absolute Gasteiger partial charge is 0.488 e. The van der Waals surface area contributed by atoms with E-state index >= 15 is 0 Å². The first-order valence-electron chi connectivity index (χ1n) is 6.89. The van der Waals surface area contributed by atoms with Gasteiger partial charge in [0.2, 0.25) is 0 Å². The van der Waals surface area contributed by atoms with Crippen molar-refractivity contribution in [3.05, 3.63) is 24.0 Å². The number of nitrogens with zero attached hydrogens (tertiary/aromatic N) is 1. The van der Waals surface area contributed by atoms with E-state index in [0.717, 1.165) is 12.3 Å². The fraction of sp³-hybridized carbons (Fsp3) is 0.667. The van der Waals surface area contributed by atoms with Crippen molar-refractivity contribution in [1.82, 2.24) is 10.3 Å². The predicted molar refractivity (Wildman–Crippen MR) is 73.7 cm³/mol. The van der Waals surface area contributed by atoms with Gasteiger partial charge in [-0.1, -0.05) is 0 Å². The molecule has 1 aromatic heterocycles. The van der Waals surface area contributed by atoms with E-state index in [1.165, 1.54) is 31.2 Å². The summed E-state index contributed by atoms with van der Waals surface area (Å²) in [7, 11) is 0. The molecule has 0 spiro atoms. The van der Waals surface area contributed by atoms with Crippen molar-refractivity contribution in [1.29, 1.82) is 0 Å². The molecule has 1 aromatic rings. The van der Waals surface area contributed by atoms with Crippen LogP contribution in [-0.4, -0.2) is 16.6 Å². The number of rotatable bonds is 4.